The van der Waals surface area contributed by atoms with Gasteiger partial charge in [0, 0.05) is 29.6 Å². The molecule has 3 heterocycles. The van der Waals surface area contributed by atoms with Gasteiger partial charge < -0.3 is 0 Å². The van der Waals surface area contributed by atoms with Crippen LogP contribution >= 0.6 is 11.3 Å². The summed E-state index contributed by atoms with van der Waals surface area (Å²) in [5, 5.41) is 6.49. The number of carbonyl (C=O) groups excluding carboxylic acids is 1. The molecule has 0 N–H and O–H groups in total. The van der Waals surface area contributed by atoms with Crippen LogP contribution in [0.4, 0.5) is 5.95 Å². The van der Waals surface area contributed by atoms with Crippen LogP contribution in [0.2, 0.25) is 0 Å². The molecule has 0 aliphatic carbocycles. The van der Waals surface area contributed by atoms with Crippen molar-refractivity contribution in [2.24, 2.45) is 0 Å². The predicted molar refractivity (Wildman–Crippen MR) is 103 cm³/mol. The Morgan fingerprint density at radius 2 is 2.00 bits per heavy atom. The highest BCUT2D eigenvalue weighted by Crippen LogP contribution is 2.29. The lowest BCUT2D eigenvalue weighted by molar-refractivity contribution is -0.117. The van der Waals surface area contributed by atoms with Crippen LogP contribution in [0.15, 0.2) is 29.3 Å². The SMILES string of the molecule is CCCc1cc2c(C(C)C)nn(N(C(C)=O)c3ncccn3)c(=O)c2s1. The Hall–Kier alpha value is -2.61. The zero-order valence-electron chi connectivity index (χ0n) is 15.3. The number of aromatic nitrogens is 4. The third kappa shape index (κ3) is 3.24. The van der Waals surface area contributed by atoms with Gasteiger partial charge in [0.05, 0.1) is 5.69 Å². The van der Waals surface area contributed by atoms with E-state index in [9.17, 15) is 9.59 Å². The summed E-state index contributed by atoms with van der Waals surface area (Å²) in [6.45, 7) is 7.50. The van der Waals surface area contributed by atoms with Crippen LogP contribution in [0.3, 0.4) is 0 Å². The molecule has 136 valence electrons. The molecule has 0 aliphatic heterocycles. The number of aryl methyl sites for hydroxylation is 1. The molecule has 0 radical (unpaired) electrons. The van der Waals surface area contributed by atoms with Crippen molar-refractivity contribution in [3.8, 4) is 0 Å². The Balaban J connectivity index is 2.29. The van der Waals surface area contributed by atoms with Crippen molar-refractivity contribution in [2.75, 3.05) is 5.01 Å². The second kappa shape index (κ2) is 7.33. The van der Waals surface area contributed by atoms with Gasteiger partial charge in [-0.3, -0.25) is 9.59 Å². The lowest BCUT2D eigenvalue weighted by atomic mass is 10.1. The molecule has 0 saturated carbocycles. The molecule has 0 aliphatic rings. The van der Waals surface area contributed by atoms with Gasteiger partial charge in [0.15, 0.2) is 0 Å². The first-order chi connectivity index (χ1) is 12.4. The highest BCUT2D eigenvalue weighted by molar-refractivity contribution is 7.19. The third-order valence-corrected chi connectivity index (χ3v) is 5.09. The Morgan fingerprint density at radius 3 is 2.58 bits per heavy atom. The van der Waals surface area contributed by atoms with E-state index in [2.05, 4.69) is 28.1 Å². The molecule has 1 amide bonds. The molecule has 0 saturated heterocycles. The number of rotatable bonds is 5. The van der Waals surface area contributed by atoms with Gasteiger partial charge in [-0.2, -0.15) is 10.1 Å². The molecule has 0 aromatic carbocycles. The summed E-state index contributed by atoms with van der Waals surface area (Å²) in [6, 6.07) is 3.70. The maximum Gasteiger partial charge on any atom is 0.304 e. The van der Waals surface area contributed by atoms with Crippen molar-refractivity contribution in [1.82, 2.24) is 19.9 Å². The van der Waals surface area contributed by atoms with Gasteiger partial charge in [-0.05, 0) is 24.5 Å². The molecule has 26 heavy (non-hydrogen) atoms. The number of hydrogen-bond acceptors (Lipinski definition) is 6. The van der Waals surface area contributed by atoms with Crippen molar-refractivity contribution in [3.05, 3.63) is 45.5 Å². The third-order valence-electron chi connectivity index (χ3n) is 3.91. The van der Waals surface area contributed by atoms with Crippen molar-refractivity contribution in [2.45, 2.75) is 46.5 Å². The summed E-state index contributed by atoms with van der Waals surface area (Å²) in [7, 11) is 0. The molecule has 3 rings (SSSR count). The molecule has 0 fully saturated rings. The summed E-state index contributed by atoms with van der Waals surface area (Å²) in [4.78, 5) is 35.8. The molecule has 7 nitrogen and oxygen atoms in total. The first-order valence-electron chi connectivity index (χ1n) is 8.57. The first-order valence-corrected chi connectivity index (χ1v) is 9.39. The summed E-state index contributed by atoms with van der Waals surface area (Å²) in [5.74, 6) is -0.168. The number of thiophene rings is 1. The number of anilines is 1. The fourth-order valence-corrected chi connectivity index (χ4v) is 3.96. The summed E-state index contributed by atoms with van der Waals surface area (Å²) in [5.41, 5.74) is 0.444. The zero-order valence-corrected chi connectivity index (χ0v) is 16.1. The maximum atomic E-state index is 13.1. The predicted octanol–water partition coefficient (Wildman–Crippen LogP) is 3.14. The van der Waals surface area contributed by atoms with Crippen LogP contribution in [-0.2, 0) is 11.2 Å². The lowest BCUT2D eigenvalue weighted by Crippen LogP contribution is -2.44. The highest BCUT2D eigenvalue weighted by Gasteiger charge is 2.24. The topological polar surface area (TPSA) is 81.0 Å². The molecule has 0 atom stereocenters. The summed E-state index contributed by atoms with van der Waals surface area (Å²) >= 11 is 1.47. The van der Waals surface area contributed by atoms with Crippen LogP contribution in [0.25, 0.3) is 10.1 Å². The second-order valence-electron chi connectivity index (χ2n) is 6.32. The Kier molecular flexibility index (Phi) is 5.13. The van der Waals surface area contributed by atoms with Gasteiger partial charge in [-0.15, -0.1) is 16.1 Å². The number of carbonyl (C=O) groups is 1. The molecule has 0 bridgehead atoms. The molecule has 0 unspecified atom stereocenters. The minimum Gasteiger partial charge on any atom is -0.273 e. The molecular weight excluding hydrogens is 350 g/mol. The van der Waals surface area contributed by atoms with Crippen LogP contribution < -0.4 is 10.6 Å². The molecule has 8 heteroatoms. The van der Waals surface area contributed by atoms with E-state index in [1.54, 1.807) is 6.07 Å². The van der Waals surface area contributed by atoms with Crippen molar-refractivity contribution >= 4 is 33.3 Å². The fourth-order valence-electron chi connectivity index (χ4n) is 2.77. The van der Waals surface area contributed by atoms with E-state index in [4.69, 9.17) is 0 Å². The number of nitrogens with zero attached hydrogens (tertiary/aromatic N) is 5. The second-order valence-corrected chi connectivity index (χ2v) is 7.46. The first kappa shape index (κ1) is 18.2. The van der Waals surface area contributed by atoms with E-state index in [0.717, 1.165) is 38.6 Å². The van der Waals surface area contributed by atoms with Gasteiger partial charge in [0.2, 0.25) is 5.91 Å². The molecule has 3 aromatic heterocycles. The van der Waals surface area contributed by atoms with Crippen molar-refractivity contribution in [3.63, 3.8) is 0 Å². The lowest BCUT2D eigenvalue weighted by Gasteiger charge is -2.20. The van der Waals surface area contributed by atoms with Crippen LogP contribution in [0.1, 0.15) is 50.6 Å². The van der Waals surface area contributed by atoms with Gasteiger partial charge in [-0.25, -0.2) is 9.97 Å². The average molecular weight is 371 g/mol. The number of amides is 1. The monoisotopic (exact) mass is 371 g/mol. The Bertz CT molecular complexity index is 994. The molecule has 0 spiro atoms. The van der Waals surface area contributed by atoms with Crippen molar-refractivity contribution in [1.29, 1.82) is 0 Å². The van der Waals surface area contributed by atoms with E-state index in [1.165, 1.54) is 30.7 Å². The number of hydrogen-bond donors (Lipinski definition) is 0. The van der Waals surface area contributed by atoms with Gasteiger partial charge >= 0.3 is 5.56 Å². The molecular formula is C18H21N5O2S. The minimum atomic E-state index is -0.384. The largest absolute Gasteiger partial charge is 0.304 e. The average Bonchev–Trinajstić information content (AvgIpc) is 3.02. The number of fused-ring (bicyclic) bond motifs is 1. The molecule has 3 aromatic rings. The van der Waals surface area contributed by atoms with Gasteiger partial charge in [0.1, 0.15) is 4.70 Å². The smallest absolute Gasteiger partial charge is 0.273 e. The fraction of sp³-hybridized carbons (Fsp3) is 0.389. The minimum absolute atomic E-state index is 0.0962. The van der Waals surface area contributed by atoms with E-state index in [-0.39, 0.29) is 23.3 Å². The standard InChI is InChI=1S/C18H21N5O2S/c1-5-7-13-10-14-15(11(2)3)21-23(17(25)16(14)26-13)22(12(4)24)18-19-8-6-9-20-18/h6,8-11H,5,7H2,1-4H3. The van der Waals surface area contributed by atoms with Crippen molar-refractivity contribution < 1.29 is 4.79 Å². The highest BCUT2D eigenvalue weighted by atomic mass is 32.1. The summed E-state index contributed by atoms with van der Waals surface area (Å²) < 4.78 is 0.606. The van der Waals surface area contributed by atoms with Crippen LogP contribution in [0, 0.1) is 0 Å². The van der Waals surface area contributed by atoms with Crippen LogP contribution in [-0.4, -0.2) is 25.8 Å². The van der Waals surface area contributed by atoms with E-state index < -0.39 is 0 Å². The Morgan fingerprint density at radius 1 is 1.31 bits per heavy atom. The van der Waals surface area contributed by atoms with Crippen LogP contribution in [0.5, 0.6) is 0 Å². The Labute approximate surface area is 155 Å². The van der Waals surface area contributed by atoms with E-state index >= 15 is 0 Å². The maximum absolute atomic E-state index is 13.1. The summed E-state index contributed by atoms with van der Waals surface area (Å²) in [6.07, 6.45) is 4.96. The van der Waals surface area contributed by atoms with E-state index in [1.807, 2.05) is 13.8 Å². The quantitative estimate of drug-likeness (QED) is 0.688. The zero-order chi connectivity index (χ0) is 18.8. The van der Waals surface area contributed by atoms with Gasteiger partial charge in [0.25, 0.3) is 5.95 Å². The van der Waals surface area contributed by atoms with Gasteiger partial charge in [-0.1, -0.05) is 27.2 Å². The normalized spacial score (nSPS) is 11.3. The van der Waals surface area contributed by atoms with E-state index in [0.29, 0.717) is 4.70 Å².